The molecular formula is C10H12N6O. The summed E-state index contributed by atoms with van der Waals surface area (Å²) in [7, 11) is 1.87. The largest absolute Gasteiger partial charge is 0.369 e. The van der Waals surface area contributed by atoms with E-state index in [4.69, 9.17) is 10.3 Å². The Morgan fingerprint density at radius 1 is 1.47 bits per heavy atom. The van der Waals surface area contributed by atoms with Gasteiger partial charge in [-0.1, -0.05) is 5.16 Å². The molecule has 3 aromatic rings. The van der Waals surface area contributed by atoms with E-state index >= 15 is 0 Å². The number of anilines is 1. The average Bonchev–Trinajstić information content (AvgIpc) is 2.93. The van der Waals surface area contributed by atoms with Crippen molar-refractivity contribution >= 4 is 17.1 Å². The van der Waals surface area contributed by atoms with Crippen LogP contribution < -0.4 is 5.73 Å². The second-order valence-electron chi connectivity index (χ2n) is 3.92. The zero-order chi connectivity index (χ0) is 12.0. The van der Waals surface area contributed by atoms with E-state index in [1.807, 2.05) is 18.5 Å². The first kappa shape index (κ1) is 9.88. The van der Waals surface area contributed by atoms with Crippen LogP contribution in [0.25, 0.3) is 11.2 Å². The summed E-state index contributed by atoms with van der Waals surface area (Å²) in [6.45, 7) is 2.41. The maximum atomic E-state index is 5.90. The monoisotopic (exact) mass is 232 g/mol. The molecule has 0 saturated carbocycles. The molecule has 0 aliphatic rings. The van der Waals surface area contributed by atoms with Crippen LogP contribution >= 0.6 is 0 Å². The van der Waals surface area contributed by atoms with Gasteiger partial charge in [-0.05, 0) is 6.92 Å². The van der Waals surface area contributed by atoms with Crippen molar-refractivity contribution in [2.75, 3.05) is 5.73 Å². The summed E-state index contributed by atoms with van der Waals surface area (Å²) in [5.74, 6) is 1.18. The van der Waals surface area contributed by atoms with Crippen molar-refractivity contribution in [1.82, 2.24) is 24.5 Å². The molecule has 7 nitrogen and oxygen atoms in total. The molecule has 2 N–H and O–H groups in total. The fourth-order valence-corrected chi connectivity index (χ4v) is 1.99. The van der Waals surface area contributed by atoms with Crippen LogP contribution in [0.3, 0.4) is 0 Å². The molecular weight excluding hydrogens is 220 g/mol. The molecule has 0 atom stereocenters. The van der Waals surface area contributed by atoms with Crippen molar-refractivity contribution in [2.24, 2.45) is 7.05 Å². The van der Waals surface area contributed by atoms with Crippen molar-refractivity contribution in [3.63, 3.8) is 0 Å². The van der Waals surface area contributed by atoms with Crippen LogP contribution in [0.2, 0.25) is 0 Å². The minimum absolute atomic E-state index is 0.451. The highest BCUT2D eigenvalue weighted by Gasteiger charge is 2.16. The predicted octanol–water partition coefficient (Wildman–Crippen LogP) is 0.697. The highest BCUT2D eigenvalue weighted by atomic mass is 16.5. The Hall–Kier alpha value is -2.31. The second kappa shape index (κ2) is 3.34. The van der Waals surface area contributed by atoms with E-state index in [0.717, 1.165) is 22.6 Å². The van der Waals surface area contributed by atoms with Crippen LogP contribution in [0.5, 0.6) is 0 Å². The number of fused-ring (bicyclic) bond motifs is 1. The lowest BCUT2D eigenvalue weighted by molar-refractivity contribution is 0.377. The van der Waals surface area contributed by atoms with Gasteiger partial charge in [-0.25, -0.2) is 4.98 Å². The van der Waals surface area contributed by atoms with Crippen molar-refractivity contribution in [1.29, 1.82) is 0 Å². The van der Waals surface area contributed by atoms with Gasteiger partial charge in [0.25, 0.3) is 0 Å². The van der Waals surface area contributed by atoms with Crippen LogP contribution in [-0.2, 0) is 13.6 Å². The summed E-state index contributed by atoms with van der Waals surface area (Å²) in [6.07, 6.45) is 1.61. The number of nitrogens with two attached hydrogens (primary N) is 1. The van der Waals surface area contributed by atoms with E-state index in [1.54, 1.807) is 16.9 Å². The van der Waals surface area contributed by atoms with Gasteiger partial charge in [0.15, 0.2) is 11.4 Å². The van der Waals surface area contributed by atoms with E-state index in [1.165, 1.54) is 0 Å². The van der Waals surface area contributed by atoms with Gasteiger partial charge in [0.2, 0.25) is 5.95 Å². The summed E-state index contributed by atoms with van der Waals surface area (Å²) >= 11 is 0. The van der Waals surface area contributed by atoms with Crippen molar-refractivity contribution in [3.8, 4) is 0 Å². The van der Waals surface area contributed by atoms with E-state index in [0.29, 0.717) is 12.5 Å². The highest BCUT2D eigenvalue weighted by Crippen LogP contribution is 2.21. The molecule has 0 radical (unpaired) electrons. The Morgan fingerprint density at radius 2 is 2.29 bits per heavy atom. The van der Waals surface area contributed by atoms with E-state index in [2.05, 4.69) is 15.2 Å². The first-order valence-electron chi connectivity index (χ1n) is 5.21. The van der Waals surface area contributed by atoms with Crippen LogP contribution in [-0.4, -0.2) is 24.5 Å². The number of aryl methyl sites for hydroxylation is 2. The lowest BCUT2D eigenvalue weighted by Crippen LogP contribution is -2.07. The topological polar surface area (TPSA) is 87.7 Å². The maximum absolute atomic E-state index is 5.90. The van der Waals surface area contributed by atoms with Gasteiger partial charge in [0.1, 0.15) is 5.52 Å². The molecule has 0 bridgehead atoms. The first-order valence-corrected chi connectivity index (χ1v) is 5.21. The molecule has 7 heteroatoms. The molecule has 0 unspecified atom stereocenters. The molecule has 0 fully saturated rings. The standard InChI is InChI=1S/C10H12N6O/c1-6-8-9(15(2)14-6)16(10(11)13-8)5-7-3-4-12-17-7/h3-4H,5H2,1-2H3,(H2,11,13). The van der Waals surface area contributed by atoms with Gasteiger partial charge in [-0.15, -0.1) is 0 Å². The zero-order valence-corrected chi connectivity index (χ0v) is 9.58. The summed E-state index contributed by atoms with van der Waals surface area (Å²) in [6, 6.07) is 1.80. The van der Waals surface area contributed by atoms with Gasteiger partial charge in [0.05, 0.1) is 18.4 Å². The third-order valence-corrected chi connectivity index (χ3v) is 2.72. The fraction of sp³-hybridized carbons (Fsp3) is 0.300. The van der Waals surface area contributed by atoms with Gasteiger partial charge >= 0.3 is 0 Å². The molecule has 88 valence electrons. The van der Waals surface area contributed by atoms with Gasteiger partial charge in [-0.2, -0.15) is 5.10 Å². The van der Waals surface area contributed by atoms with Crippen LogP contribution in [0, 0.1) is 6.92 Å². The molecule has 0 aliphatic carbocycles. The number of hydrogen-bond acceptors (Lipinski definition) is 5. The first-order chi connectivity index (χ1) is 8.16. The number of aromatic nitrogens is 5. The number of nitrogens with zero attached hydrogens (tertiary/aromatic N) is 5. The predicted molar refractivity (Wildman–Crippen MR) is 61.3 cm³/mol. The molecule has 0 spiro atoms. The van der Waals surface area contributed by atoms with Crippen LogP contribution in [0.15, 0.2) is 16.8 Å². The number of rotatable bonds is 2. The Morgan fingerprint density at radius 3 is 3.00 bits per heavy atom. The Bertz CT molecular complexity index is 663. The average molecular weight is 232 g/mol. The number of hydrogen-bond donors (Lipinski definition) is 1. The van der Waals surface area contributed by atoms with Crippen LogP contribution in [0.4, 0.5) is 5.95 Å². The SMILES string of the molecule is Cc1nn(C)c2c1nc(N)n2Cc1ccno1. The van der Waals surface area contributed by atoms with Gasteiger partial charge < -0.3 is 10.3 Å². The minimum Gasteiger partial charge on any atom is -0.369 e. The number of imidazole rings is 1. The molecule has 17 heavy (non-hydrogen) atoms. The lowest BCUT2D eigenvalue weighted by atomic mass is 10.4. The van der Waals surface area contributed by atoms with Crippen molar-refractivity contribution in [2.45, 2.75) is 13.5 Å². The molecule has 3 rings (SSSR count). The van der Waals surface area contributed by atoms with Gasteiger partial charge in [-0.3, -0.25) is 9.25 Å². The van der Waals surface area contributed by atoms with Crippen molar-refractivity contribution < 1.29 is 4.52 Å². The fourth-order valence-electron chi connectivity index (χ4n) is 1.99. The molecule has 0 amide bonds. The number of nitrogen functional groups attached to an aromatic ring is 1. The quantitative estimate of drug-likeness (QED) is 0.702. The molecule has 3 heterocycles. The van der Waals surface area contributed by atoms with E-state index in [9.17, 15) is 0 Å². The molecule has 0 saturated heterocycles. The normalized spacial score (nSPS) is 11.4. The third kappa shape index (κ3) is 1.39. The molecule has 0 aliphatic heterocycles. The van der Waals surface area contributed by atoms with Crippen molar-refractivity contribution in [3.05, 3.63) is 23.7 Å². The summed E-state index contributed by atoms with van der Waals surface area (Å²) in [5.41, 5.74) is 8.48. The van der Waals surface area contributed by atoms with Crippen LogP contribution in [0.1, 0.15) is 11.5 Å². The van der Waals surface area contributed by atoms with Gasteiger partial charge in [0, 0.05) is 13.1 Å². The second-order valence-corrected chi connectivity index (χ2v) is 3.92. The Kier molecular flexibility index (Phi) is 1.94. The maximum Gasteiger partial charge on any atom is 0.202 e. The summed E-state index contributed by atoms with van der Waals surface area (Å²) in [4.78, 5) is 4.31. The van der Waals surface area contributed by atoms with E-state index < -0.39 is 0 Å². The minimum atomic E-state index is 0.451. The lowest BCUT2D eigenvalue weighted by Gasteiger charge is -2.03. The Labute approximate surface area is 96.8 Å². The molecule has 0 aromatic carbocycles. The Balaban J connectivity index is 2.18. The highest BCUT2D eigenvalue weighted by molar-refractivity contribution is 5.77. The van der Waals surface area contributed by atoms with E-state index in [-0.39, 0.29) is 0 Å². The summed E-state index contributed by atoms with van der Waals surface area (Å²) < 4.78 is 8.70. The third-order valence-electron chi connectivity index (χ3n) is 2.72. The smallest absolute Gasteiger partial charge is 0.202 e. The zero-order valence-electron chi connectivity index (χ0n) is 9.58. The molecule has 3 aromatic heterocycles. The summed E-state index contributed by atoms with van der Waals surface area (Å²) in [5, 5.41) is 7.98.